The van der Waals surface area contributed by atoms with Crippen LogP contribution >= 0.6 is 0 Å². The molecule has 7 nitrogen and oxygen atoms in total. The summed E-state index contributed by atoms with van der Waals surface area (Å²) in [4.78, 5) is 28.7. The Hall–Kier alpha value is -1.76. The van der Waals surface area contributed by atoms with Gasteiger partial charge in [-0.05, 0) is 13.3 Å². The maximum absolute atomic E-state index is 11.8. The smallest absolute Gasteiger partial charge is 0.246 e. The van der Waals surface area contributed by atoms with Gasteiger partial charge in [0, 0.05) is 13.0 Å². The van der Waals surface area contributed by atoms with Crippen molar-refractivity contribution in [3.05, 3.63) is 12.2 Å². The monoisotopic (exact) mass is 237 g/mol. The molecule has 2 rings (SSSR count). The van der Waals surface area contributed by atoms with Gasteiger partial charge in [0.05, 0.1) is 12.6 Å². The van der Waals surface area contributed by atoms with Crippen molar-refractivity contribution >= 4 is 11.8 Å². The van der Waals surface area contributed by atoms with Crippen molar-refractivity contribution < 1.29 is 9.59 Å². The van der Waals surface area contributed by atoms with Crippen molar-refractivity contribution in [1.82, 2.24) is 19.7 Å². The van der Waals surface area contributed by atoms with Gasteiger partial charge in [-0.2, -0.15) is 5.10 Å². The second-order valence-electron chi connectivity index (χ2n) is 3.96. The summed E-state index contributed by atoms with van der Waals surface area (Å²) < 4.78 is 1.65. The Bertz CT molecular complexity index is 442. The van der Waals surface area contributed by atoms with E-state index >= 15 is 0 Å². The molecule has 1 fully saturated rings. The van der Waals surface area contributed by atoms with Gasteiger partial charge in [0.25, 0.3) is 0 Å². The molecule has 1 saturated heterocycles. The lowest BCUT2D eigenvalue weighted by Gasteiger charge is -2.28. The van der Waals surface area contributed by atoms with Gasteiger partial charge in [-0.25, -0.2) is 9.67 Å². The van der Waals surface area contributed by atoms with Crippen molar-refractivity contribution in [2.75, 3.05) is 0 Å². The third kappa shape index (κ3) is 2.19. The number of rotatable bonds is 3. The Morgan fingerprint density at radius 3 is 3.00 bits per heavy atom. The van der Waals surface area contributed by atoms with Crippen molar-refractivity contribution in [2.24, 2.45) is 5.73 Å². The van der Waals surface area contributed by atoms with Crippen LogP contribution in [0.2, 0.25) is 0 Å². The first-order chi connectivity index (χ1) is 8.13. The number of hydrogen-bond acceptors (Lipinski definition) is 5. The second kappa shape index (κ2) is 4.62. The summed E-state index contributed by atoms with van der Waals surface area (Å²) in [6.07, 6.45) is 2.15. The molecule has 1 atom stereocenters. The number of hydrogen-bond donors (Lipinski definition) is 1. The molecule has 1 aromatic heterocycles. The Morgan fingerprint density at radius 2 is 2.29 bits per heavy atom. The number of aromatic nitrogens is 3. The fraction of sp³-hybridized carbons (Fsp3) is 0.600. The van der Waals surface area contributed by atoms with E-state index in [1.54, 1.807) is 4.68 Å². The topological polar surface area (TPSA) is 94.1 Å². The van der Waals surface area contributed by atoms with E-state index in [1.807, 2.05) is 6.92 Å². The normalized spacial score (nSPS) is 21.1. The Labute approximate surface area is 98.6 Å². The number of likely N-dealkylation sites (tertiary alicyclic amines) is 1. The van der Waals surface area contributed by atoms with E-state index in [-0.39, 0.29) is 18.4 Å². The van der Waals surface area contributed by atoms with E-state index in [4.69, 9.17) is 5.73 Å². The van der Waals surface area contributed by atoms with E-state index < -0.39 is 6.04 Å². The number of amides is 2. The molecule has 0 bridgehead atoms. The molecule has 1 aliphatic heterocycles. The average Bonchev–Trinajstić information content (AvgIpc) is 2.77. The van der Waals surface area contributed by atoms with E-state index in [0.717, 1.165) is 0 Å². The molecule has 2 heterocycles. The molecular weight excluding hydrogens is 222 g/mol. The number of carbonyl (C=O) groups is 2. The zero-order valence-electron chi connectivity index (χ0n) is 9.67. The van der Waals surface area contributed by atoms with Crippen molar-refractivity contribution in [3.8, 4) is 0 Å². The van der Waals surface area contributed by atoms with Crippen LogP contribution in [0.15, 0.2) is 6.33 Å². The fourth-order valence-corrected chi connectivity index (χ4v) is 1.84. The molecule has 1 aliphatic rings. The van der Waals surface area contributed by atoms with Crippen LogP contribution in [0, 0.1) is 0 Å². The Kier molecular flexibility index (Phi) is 3.19. The molecule has 0 radical (unpaired) electrons. The van der Waals surface area contributed by atoms with Crippen LogP contribution in [0.25, 0.3) is 0 Å². The van der Waals surface area contributed by atoms with Crippen LogP contribution in [-0.4, -0.2) is 37.5 Å². The van der Waals surface area contributed by atoms with Gasteiger partial charge in [0.1, 0.15) is 12.2 Å². The molecule has 7 heteroatoms. The third-order valence-electron chi connectivity index (χ3n) is 2.85. The van der Waals surface area contributed by atoms with Crippen molar-refractivity contribution in [2.45, 2.75) is 38.9 Å². The zero-order chi connectivity index (χ0) is 12.4. The first kappa shape index (κ1) is 11.7. The number of imide groups is 1. The van der Waals surface area contributed by atoms with Gasteiger partial charge in [-0.15, -0.1) is 0 Å². The van der Waals surface area contributed by atoms with E-state index in [2.05, 4.69) is 10.1 Å². The van der Waals surface area contributed by atoms with Gasteiger partial charge in [-0.1, -0.05) is 0 Å². The van der Waals surface area contributed by atoms with Crippen molar-refractivity contribution in [3.63, 3.8) is 0 Å². The summed E-state index contributed by atoms with van der Waals surface area (Å²) in [5, 5.41) is 3.99. The molecule has 0 aliphatic carbocycles. The minimum absolute atomic E-state index is 0.152. The summed E-state index contributed by atoms with van der Waals surface area (Å²) in [6, 6.07) is -0.578. The average molecular weight is 237 g/mol. The number of aryl methyl sites for hydroxylation is 1. The summed E-state index contributed by atoms with van der Waals surface area (Å²) >= 11 is 0. The summed E-state index contributed by atoms with van der Waals surface area (Å²) in [6.45, 7) is 2.72. The molecule has 0 aromatic carbocycles. The first-order valence-corrected chi connectivity index (χ1v) is 5.60. The first-order valence-electron chi connectivity index (χ1n) is 5.60. The summed E-state index contributed by atoms with van der Waals surface area (Å²) in [7, 11) is 0. The highest BCUT2D eigenvalue weighted by Crippen LogP contribution is 2.14. The molecule has 17 heavy (non-hydrogen) atoms. The zero-order valence-corrected chi connectivity index (χ0v) is 9.67. The maximum atomic E-state index is 11.8. The highest BCUT2D eigenvalue weighted by Gasteiger charge is 2.32. The minimum Gasteiger partial charge on any atom is -0.320 e. The number of piperidine rings is 1. The molecule has 2 N–H and O–H groups in total. The van der Waals surface area contributed by atoms with Crippen LogP contribution in [0.1, 0.15) is 25.6 Å². The highest BCUT2D eigenvalue weighted by molar-refractivity contribution is 6.00. The predicted molar refractivity (Wildman–Crippen MR) is 58.5 cm³/mol. The van der Waals surface area contributed by atoms with Gasteiger partial charge in [0.2, 0.25) is 11.8 Å². The Balaban J connectivity index is 2.16. The molecule has 1 unspecified atom stereocenters. The highest BCUT2D eigenvalue weighted by atomic mass is 16.2. The van der Waals surface area contributed by atoms with E-state index in [0.29, 0.717) is 25.2 Å². The standard InChI is InChI=1S/C10H15N5O2/c1-2-15-8(12-6-13-15)5-14-9(16)4-3-7(11)10(14)17/h6-7H,2-5,11H2,1H3. The van der Waals surface area contributed by atoms with E-state index in [1.165, 1.54) is 11.2 Å². The lowest BCUT2D eigenvalue weighted by atomic mass is 10.1. The van der Waals surface area contributed by atoms with Crippen LogP contribution in [0.4, 0.5) is 0 Å². The predicted octanol–water partition coefficient (Wildman–Crippen LogP) is -0.726. The second-order valence-corrected chi connectivity index (χ2v) is 3.96. The van der Waals surface area contributed by atoms with Gasteiger partial charge in [0.15, 0.2) is 0 Å². The van der Waals surface area contributed by atoms with Gasteiger partial charge >= 0.3 is 0 Å². The number of nitrogens with two attached hydrogens (primary N) is 1. The largest absolute Gasteiger partial charge is 0.320 e. The summed E-state index contributed by atoms with van der Waals surface area (Å²) in [5.74, 6) is 0.0811. The summed E-state index contributed by atoms with van der Waals surface area (Å²) in [5.41, 5.74) is 5.64. The maximum Gasteiger partial charge on any atom is 0.246 e. The number of nitrogens with zero attached hydrogens (tertiary/aromatic N) is 4. The lowest BCUT2D eigenvalue weighted by molar-refractivity contribution is -0.150. The van der Waals surface area contributed by atoms with Crippen LogP contribution in [0.3, 0.4) is 0 Å². The van der Waals surface area contributed by atoms with Crippen molar-refractivity contribution in [1.29, 1.82) is 0 Å². The molecule has 92 valence electrons. The third-order valence-corrected chi connectivity index (χ3v) is 2.85. The molecular formula is C10H15N5O2. The van der Waals surface area contributed by atoms with Gasteiger partial charge < -0.3 is 5.73 Å². The molecule has 2 amide bonds. The quantitative estimate of drug-likeness (QED) is 0.700. The van der Waals surface area contributed by atoms with Gasteiger partial charge in [-0.3, -0.25) is 14.5 Å². The van der Waals surface area contributed by atoms with Crippen LogP contribution in [-0.2, 0) is 22.7 Å². The van der Waals surface area contributed by atoms with E-state index in [9.17, 15) is 9.59 Å². The van der Waals surface area contributed by atoms with Crippen LogP contribution < -0.4 is 5.73 Å². The lowest BCUT2D eigenvalue weighted by Crippen LogP contribution is -2.51. The minimum atomic E-state index is -0.578. The fourth-order valence-electron chi connectivity index (χ4n) is 1.84. The molecule has 0 saturated carbocycles. The van der Waals surface area contributed by atoms with Crippen LogP contribution in [0.5, 0.6) is 0 Å². The molecule has 1 aromatic rings. The number of carbonyl (C=O) groups excluding carboxylic acids is 2. The Morgan fingerprint density at radius 1 is 1.53 bits per heavy atom. The SMILES string of the molecule is CCn1ncnc1CN1C(=O)CCC(N)C1=O. The molecule has 0 spiro atoms.